The number of anilines is 2. The maximum atomic E-state index is 13.6. The van der Waals surface area contributed by atoms with Crippen molar-refractivity contribution in [3.05, 3.63) is 116 Å². The Kier molecular flexibility index (Phi) is 7.69. The first-order valence-corrected chi connectivity index (χ1v) is 16.2. The van der Waals surface area contributed by atoms with Crippen LogP contribution in [-0.4, -0.2) is 20.2 Å². The molecule has 13 heteroatoms. The number of hydrogen-bond acceptors (Lipinski definition) is 6. The minimum atomic E-state index is -3.92. The maximum Gasteiger partial charge on any atom is 0.267 e. The minimum absolute atomic E-state index is 0.0121. The summed E-state index contributed by atoms with van der Waals surface area (Å²) in [4.78, 5) is 26.0. The molecule has 0 bridgehead atoms. The molecular weight excluding hydrogens is 657 g/mol. The number of carbonyl (C=O) groups excluding carboxylic acids is 2. The lowest BCUT2D eigenvalue weighted by Gasteiger charge is -2.09. The number of carbonyl (C=O) groups is 2. The van der Waals surface area contributed by atoms with Crippen LogP contribution in [0.1, 0.15) is 19.3 Å². The summed E-state index contributed by atoms with van der Waals surface area (Å²) in [6, 6.07) is 19.3. The van der Waals surface area contributed by atoms with Gasteiger partial charge in [0.1, 0.15) is 21.4 Å². The van der Waals surface area contributed by atoms with Gasteiger partial charge in [0.15, 0.2) is 0 Å². The first-order valence-electron chi connectivity index (χ1n) is 12.3. The Bertz CT molecular complexity index is 2030. The smallest absolute Gasteiger partial charge is 0.267 e. The van der Waals surface area contributed by atoms with E-state index in [-0.39, 0.29) is 29.6 Å². The van der Waals surface area contributed by atoms with E-state index < -0.39 is 33.3 Å². The van der Waals surface area contributed by atoms with Crippen LogP contribution in [0, 0.1) is 11.6 Å². The Morgan fingerprint density at radius 3 is 1.35 bits per heavy atom. The predicted octanol–water partition coefficient (Wildman–Crippen LogP) is 9.04. The molecule has 0 saturated heterocycles. The SMILES string of the molecule is O=C(Nc1ccc(S(=O)(=O)c2ccc(NC(=O)c3sc4cc(F)ccc4c3Cl)cc2)cc1)c1sc2cc(F)ccc2c1Cl. The van der Waals surface area contributed by atoms with Gasteiger partial charge in [-0.05, 0) is 84.9 Å². The monoisotopic (exact) mass is 672 g/mol. The van der Waals surface area contributed by atoms with E-state index in [1.165, 1.54) is 84.9 Å². The topological polar surface area (TPSA) is 92.3 Å². The lowest BCUT2D eigenvalue weighted by atomic mass is 10.2. The van der Waals surface area contributed by atoms with Crippen LogP contribution >= 0.6 is 45.9 Å². The van der Waals surface area contributed by atoms with Gasteiger partial charge in [0.25, 0.3) is 11.8 Å². The van der Waals surface area contributed by atoms with Gasteiger partial charge in [0.2, 0.25) is 9.84 Å². The molecule has 0 spiro atoms. The standard InChI is InChI=1S/C30H16Cl2F2N2O4S3/c31-25-21-11-1-15(33)13-23(21)41-27(25)29(37)35-17-3-7-19(8-4-17)43(39,40)20-9-5-18(6-10-20)36-30(38)28-26(32)22-12-2-16(34)14-24(22)42-28/h1-14H,(H,35,37)(H,36,38). The number of fused-ring (bicyclic) bond motifs is 2. The van der Waals surface area contributed by atoms with Crippen molar-refractivity contribution in [3.63, 3.8) is 0 Å². The molecule has 2 amide bonds. The number of halogens is 4. The molecule has 43 heavy (non-hydrogen) atoms. The number of rotatable bonds is 6. The predicted molar refractivity (Wildman–Crippen MR) is 168 cm³/mol. The third kappa shape index (κ3) is 5.62. The molecule has 0 unspecified atom stereocenters. The van der Waals surface area contributed by atoms with Gasteiger partial charge in [-0.1, -0.05) is 23.2 Å². The molecule has 2 aromatic heterocycles. The van der Waals surface area contributed by atoms with Crippen LogP contribution in [0.25, 0.3) is 20.2 Å². The van der Waals surface area contributed by atoms with Gasteiger partial charge in [0, 0.05) is 31.5 Å². The molecule has 6 aromatic rings. The van der Waals surface area contributed by atoms with Crippen molar-refractivity contribution in [1.82, 2.24) is 0 Å². The van der Waals surface area contributed by atoms with E-state index in [9.17, 15) is 26.8 Å². The second-order valence-electron chi connectivity index (χ2n) is 9.23. The Labute approximate surface area is 261 Å². The second-order valence-corrected chi connectivity index (χ2v) is 14.0. The number of nitrogens with one attached hydrogen (secondary N) is 2. The zero-order chi connectivity index (χ0) is 30.5. The first-order chi connectivity index (χ1) is 20.5. The molecule has 0 fully saturated rings. The summed E-state index contributed by atoms with van der Waals surface area (Å²) in [5.74, 6) is -1.90. The average molecular weight is 674 g/mol. The number of hydrogen-bond donors (Lipinski definition) is 2. The summed E-state index contributed by atoms with van der Waals surface area (Å²) in [5, 5.41) is 6.89. The highest BCUT2D eigenvalue weighted by atomic mass is 35.5. The summed E-state index contributed by atoms with van der Waals surface area (Å²) in [6.07, 6.45) is 0. The molecule has 6 rings (SSSR count). The maximum absolute atomic E-state index is 13.6. The van der Waals surface area contributed by atoms with Gasteiger partial charge in [-0.15, -0.1) is 22.7 Å². The normalized spacial score (nSPS) is 11.6. The third-order valence-corrected chi connectivity index (χ3v) is 11.5. The molecule has 0 aliphatic rings. The van der Waals surface area contributed by atoms with E-state index in [0.717, 1.165) is 22.7 Å². The highest BCUT2D eigenvalue weighted by Gasteiger charge is 2.21. The van der Waals surface area contributed by atoms with E-state index in [4.69, 9.17) is 23.2 Å². The first kappa shape index (κ1) is 29.2. The third-order valence-electron chi connectivity index (χ3n) is 6.44. The van der Waals surface area contributed by atoms with E-state index in [0.29, 0.717) is 31.5 Å². The van der Waals surface area contributed by atoms with Crippen molar-refractivity contribution in [3.8, 4) is 0 Å². The van der Waals surface area contributed by atoms with Crippen LogP contribution in [-0.2, 0) is 9.84 Å². The number of benzene rings is 4. The van der Waals surface area contributed by atoms with E-state index in [1.807, 2.05) is 0 Å². The molecule has 2 heterocycles. The fraction of sp³-hybridized carbons (Fsp3) is 0. The average Bonchev–Trinajstić information content (AvgIpc) is 3.49. The largest absolute Gasteiger partial charge is 0.321 e. The lowest BCUT2D eigenvalue weighted by molar-refractivity contribution is 0.102. The Hall–Kier alpha value is -3.87. The van der Waals surface area contributed by atoms with Crippen molar-refractivity contribution in [2.45, 2.75) is 9.79 Å². The lowest BCUT2D eigenvalue weighted by Crippen LogP contribution is -2.11. The molecule has 216 valence electrons. The van der Waals surface area contributed by atoms with Crippen molar-refractivity contribution in [2.75, 3.05) is 10.6 Å². The molecule has 0 aliphatic heterocycles. The fourth-order valence-corrected chi connectivity index (χ4v) is 8.45. The van der Waals surface area contributed by atoms with Crippen molar-refractivity contribution >= 4 is 99.1 Å². The van der Waals surface area contributed by atoms with E-state index >= 15 is 0 Å². The van der Waals surface area contributed by atoms with Crippen molar-refractivity contribution in [2.24, 2.45) is 0 Å². The van der Waals surface area contributed by atoms with Crippen LogP contribution in [0.4, 0.5) is 20.2 Å². The van der Waals surface area contributed by atoms with Gasteiger partial charge in [0.05, 0.1) is 19.8 Å². The molecule has 0 saturated carbocycles. The van der Waals surface area contributed by atoms with Gasteiger partial charge in [-0.2, -0.15) is 0 Å². The minimum Gasteiger partial charge on any atom is -0.321 e. The zero-order valence-electron chi connectivity index (χ0n) is 21.5. The zero-order valence-corrected chi connectivity index (χ0v) is 25.4. The Morgan fingerprint density at radius 1 is 0.605 bits per heavy atom. The number of amides is 2. The molecule has 4 aromatic carbocycles. The van der Waals surface area contributed by atoms with Crippen LogP contribution in [0.3, 0.4) is 0 Å². The van der Waals surface area contributed by atoms with Gasteiger partial charge >= 0.3 is 0 Å². The molecule has 0 atom stereocenters. The summed E-state index contributed by atoms with van der Waals surface area (Å²) in [5.41, 5.74) is 0.675. The van der Waals surface area contributed by atoms with Crippen LogP contribution in [0.5, 0.6) is 0 Å². The summed E-state index contributed by atoms with van der Waals surface area (Å²) < 4.78 is 54.6. The highest BCUT2D eigenvalue weighted by Crippen LogP contribution is 2.37. The van der Waals surface area contributed by atoms with E-state index in [2.05, 4.69) is 10.6 Å². The van der Waals surface area contributed by atoms with E-state index in [1.54, 1.807) is 0 Å². The van der Waals surface area contributed by atoms with Crippen LogP contribution < -0.4 is 10.6 Å². The molecule has 0 aliphatic carbocycles. The Balaban J connectivity index is 1.15. The molecule has 0 radical (unpaired) electrons. The van der Waals surface area contributed by atoms with Crippen molar-refractivity contribution < 1.29 is 26.8 Å². The molecular formula is C30H16Cl2F2N2O4S3. The quantitative estimate of drug-likeness (QED) is 0.185. The van der Waals surface area contributed by atoms with Gasteiger partial charge in [-0.3, -0.25) is 9.59 Å². The highest BCUT2D eigenvalue weighted by molar-refractivity contribution is 7.91. The summed E-state index contributed by atoms with van der Waals surface area (Å²) in [7, 11) is -3.92. The summed E-state index contributed by atoms with van der Waals surface area (Å²) in [6.45, 7) is 0. The molecule has 6 nitrogen and oxygen atoms in total. The van der Waals surface area contributed by atoms with Crippen molar-refractivity contribution in [1.29, 1.82) is 0 Å². The van der Waals surface area contributed by atoms with Gasteiger partial charge < -0.3 is 10.6 Å². The fourth-order valence-electron chi connectivity index (χ4n) is 4.32. The molecule has 2 N–H and O–H groups in total. The van der Waals surface area contributed by atoms with Gasteiger partial charge in [-0.25, -0.2) is 17.2 Å². The Morgan fingerprint density at radius 2 is 0.977 bits per heavy atom. The number of sulfone groups is 1. The number of thiophene rings is 2. The summed E-state index contributed by atoms with van der Waals surface area (Å²) >= 11 is 14.8. The second kappa shape index (κ2) is 11.3. The van der Waals surface area contributed by atoms with Crippen LogP contribution in [0.2, 0.25) is 10.0 Å². The van der Waals surface area contributed by atoms with Crippen LogP contribution in [0.15, 0.2) is 94.7 Å².